The Morgan fingerprint density at radius 1 is 0.947 bits per heavy atom. The molecule has 1 N–H and O–H groups in total. The molecule has 1 aromatic heterocycles. The summed E-state index contributed by atoms with van der Waals surface area (Å²) in [5.74, 6) is -0.412. The van der Waals surface area contributed by atoms with Gasteiger partial charge in [-0.05, 0) is 53.8 Å². The first-order valence-electron chi connectivity index (χ1n) is 12.2. The van der Waals surface area contributed by atoms with E-state index in [0.717, 1.165) is 16.0 Å². The molecule has 0 saturated carbocycles. The van der Waals surface area contributed by atoms with Gasteiger partial charge in [-0.15, -0.1) is 11.3 Å². The first-order chi connectivity index (χ1) is 18.5. The molecule has 0 radical (unpaired) electrons. The van der Waals surface area contributed by atoms with E-state index in [9.17, 15) is 14.7 Å². The first kappa shape index (κ1) is 25.3. The molecule has 7 heteroatoms. The fourth-order valence-corrected chi connectivity index (χ4v) is 5.38. The maximum atomic E-state index is 13.4. The van der Waals surface area contributed by atoms with Crippen LogP contribution in [0.15, 0.2) is 95.9 Å². The topological polar surface area (TPSA) is 76.1 Å². The number of methoxy groups -OCH3 is 1. The van der Waals surface area contributed by atoms with E-state index < -0.39 is 17.7 Å². The van der Waals surface area contributed by atoms with E-state index in [2.05, 4.69) is 0 Å². The van der Waals surface area contributed by atoms with E-state index in [4.69, 9.17) is 9.47 Å². The smallest absolute Gasteiger partial charge is 0.295 e. The number of thiophene rings is 1. The van der Waals surface area contributed by atoms with Gasteiger partial charge in [-0.3, -0.25) is 9.59 Å². The molecule has 1 saturated heterocycles. The Kier molecular flexibility index (Phi) is 7.29. The summed E-state index contributed by atoms with van der Waals surface area (Å²) in [6, 6.07) is 25.3. The van der Waals surface area contributed by atoms with Crippen molar-refractivity contribution in [1.29, 1.82) is 0 Å². The Labute approximate surface area is 225 Å². The summed E-state index contributed by atoms with van der Waals surface area (Å²) in [6.07, 6.45) is 0. The van der Waals surface area contributed by atoms with E-state index in [1.165, 1.54) is 16.2 Å². The lowest BCUT2D eigenvalue weighted by molar-refractivity contribution is -0.140. The lowest BCUT2D eigenvalue weighted by Gasteiger charge is -2.26. The van der Waals surface area contributed by atoms with Gasteiger partial charge >= 0.3 is 0 Å². The van der Waals surface area contributed by atoms with Gasteiger partial charge in [0.2, 0.25) is 0 Å². The van der Waals surface area contributed by atoms with Crippen LogP contribution >= 0.6 is 11.3 Å². The van der Waals surface area contributed by atoms with Crippen LogP contribution in [0.5, 0.6) is 11.5 Å². The van der Waals surface area contributed by atoms with Gasteiger partial charge in [-0.2, -0.15) is 0 Å². The molecule has 3 aromatic carbocycles. The van der Waals surface area contributed by atoms with Crippen molar-refractivity contribution in [2.45, 2.75) is 26.1 Å². The average molecular weight is 526 g/mol. The van der Waals surface area contributed by atoms with E-state index in [0.29, 0.717) is 29.2 Å². The fraction of sp³-hybridized carbons (Fsp3) is 0.161. The van der Waals surface area contributed by atoms with Crippen molar-refractivity contribution in [1.82, 2.24) is 4.90 Å². The third kappa shape index (κ3) is 4.93. The number of hydrogen-bond donors (Lipinski definition) is 1. The molecule has 38 heavy (non-hydrogen) atoms. The standard InChI is InChI=1S/C31H27NO5S/c1-20-17-22(14-15-25(20)37-19-21-9-4-3-5-10-21)29(33)27-28(24-12-6-7-13-26(24)36-2)32(31(35)30(27)34)18-23-11-8-16-38-23/h3-17,28,33H,18-19H2,1-2H3/b29-27+. The van der Waals surface area contributed by atoms with Gasteiger partial charge < -0.3 is 19.5 Å². The maximum Gasteiger partial charge on any atom is 0.295 e. The molecule has 5 rings (SSSR count). The molecular formula is C31H27NO5S. The normalized spacial score (nSPS) is 16.6. The zero-order valence-electron chi connectivity index (χ0n) is 21.1. The number of para-hydroxylation sites is 1. The number of benzene rings is 3. The summed E-state index contributed by atoms with van der Waals surface area (Å²) in [4.78, 5) is 29.1. The van der Waals surface area contributed by atoms with Crippen molar-refractivity contribution in [2.75, 3.05) is 7.11 Å². The minimum atomic E-state index is -0.803. The molecule has 0 spiro atoms. The van der Waals surface area contributed by atoms with E-state index >= 15 is 0 Å². The highest BCUT2D eigenvalue weighted by molar-refractivity contribution is 7.09. The molecule has 0 aliphatic carbocycles. The molecule has 6 nitrogen and oxygen atoms in total. The first-order valence-corrected chi connectivity index (χ1v) is 13.1. The number of aliphatic hydroxyl groups is 1. The number of aryl methyl sites for hydroxylation is 1. The molecule has 1 aliphatic rings. The Hall–Kier alpha value is -4.36. The van der Waals surface area contributed by atoms with Crippen molar-refractivity contribution in [2.24, 2.45) is 0 Å². The zero-order chi connectivity index (χ0) is 26.6. The van der Waals surface area contributed by atoms with Crippen LogP contribution in [0, 0.1) is 6.92 Å². The number of carbonyl (C=O) groups excluding carboxylic acids is 2. The molecule has 1 amide bonds. The Balaban J connectivity index is 1.54. The Morgan fingerprint density at radius 3 is 2.42 bits per heavy atom. The van der Waals surface area contributed by atoms with Crippen LogP contribution in [-0.4, -0.2) is 28.8 Å². The summed E-state index contributed by atoms with van der Waals surface area (Å²) in [6.45, 7) is 2.53. The highest BCUT2D eigenvalue weighted by atomic mass is 32.1. The number of carbonyl (C=O) groups is 2. The van der Waals surface area contributed by atoms with Gasteiger partial charge in [-0.1, -0.05) is 54.6 Å². The third-order valence-corrected chi connectivity index (χ3v) is 7.43. The SMILES string of the molecule is COc1ccccc1C1/C(=C(\O)c2ccc(OCc3ccccc3)c(C)c2)C(=O)C(=O)N1Cc1cccs1. The van der Waals surface area contributed by atoms with Gasteiger partial charge in [0, 0.05) is 16.0 Å². The molecule has 0 bridgehead atoms. The molecule has 1 fully saturated rings. The molecular weight excluding hydrogens is 498 g/mol. The second-order valence-corrected chi connectivity index (χ2v) is 10.0. The zero-order valence-corrected chi connectivity index (χ0v) is 21.9. The molecule has 192 valence electrons. The average Bonchev–Trinajstić information content (AvgIpc) is 3.55. The van der Waals surface area contributed by atoms with Crippen molar-refractivity contribution >= 4 is 28.8 Å². The summed E-state index contributed by atoms with van der Waals surface area (Å²) in [5.41, 5.74) is 2.94. The van der Waals surface area contributed by atoms with Gasteiger partial charge in [0.15, 0.2) is 0 Å². The van der Waals surface area contributed by atoms with Crippen molar-refractivity contribution in [3.63, 3.8) is 0 Å². The van der Waals surface area contributed by atoms with Gasteiger partial charge in [0.05, 0.1) is 25.3 Å². The molecule has 1 unspecified atom stereocenters. The summed E-state index contributed by atoms with van der Waals surface area (Å²) in [5, 5.41) is 13.4. The number of hydrogen-bond acceptors (Lipinski definition) is 6. The molecule has 4 aromatic rings. The van der Waals surface area contributed by atoms with Crippen LogP contribution in [0.4, 0.5) is 0 Å². The Bertz CT molecular complexity index is 1490. The number of amides is 1. The summed E-state index contributed by atoms with van der Waals surface area (Å²) in [7, 11) is 1.54. The highest BCUT2D eigenvalue weighted by Crippen LogP contribution is 2.43. The Morgan fingerprint density at radius 2 is 1.71 bits per heavy atom. The summed E-state index contributed by atoms with van der Waals surface area (Å²) >= 11 is 1.50. The maximum absolute atomic E-state index is 13.4. The predicted octanol–water partition coefficient (Wildman–Crippen LogP) is 6.27. The van der Waals surface area contributed by atoms with Crippen LogP contribution in [0.2, 0.25) is 0 Å². The monoisotopic (exact) mass is 525 g/mol. The molecule has 2 heterocycles. The van der Waals surface area contributed by atoms with Crippen LogP contribution < -0.4 is 9.47 Å². The van der Waals surface area contributed by atoms with Crippen molar-refractivity contribution in [3.05, 3.63) is 123 Å². The number of ketones is 1. The van der Waals surface area contributed by atoms with Gasteiger partial charge in [-0.25, -0.2) is 0 Å². The number of ether oxygens (including phenoxy) is 2. The van der Waals surface area contributed by atoms with Crippen LogP contribution in [-0.2, 0) is 22.7 Å². The van der Waals surface area contributed by atoms with Crippen molar-refractivity contribution in [3.8, 4) is 11.5 Å². The van der Waals surface area contributed by atoms with E-state index in [-0.39, 0.29) is 17.9 Å². The molecule has 1 aliphatic heterocycles. The van der Waals surface area contributed by atoms with Gasteiger partial charge in [0.25, 0.3) is 11.7 Å². The van der Waals surface area contributed by atoms with Crippen LogP contribution in [0.3, 0.4) is 0 Å². The number of nitrogens with zero attached hydrogens (tertiary/aromatic N) is 1. The molecule has 1 atom stereocenters. The van der Waals surface area contributed by atoms with Crippen LogP contribution in [0.25, 0.3) is 5.76 Å². The lowest BCUT2D eigenvalue weighted by atomic mass is 9.94. The minimum absolute atomic E-state index is 0.0356. The van der Waals surface area contributed by atoms with E-state index in [1.807, 2.05) is 73.0 Å². The second kappa shape index (κ2) is 10.9. The predicted molar refractivity (Wildman–Crippen MR) is 147 cm³/mol. The largest absolute Gasteiger partial charge is 0.507 e. The second-order valence-electron chi connectivity index (χ2n) is 9.00. The van der Waals surface area contributed by atoms with Gasteiger partial charge in [0.1, 0.15) is 23.9 Å². The highest BCUT2D eigenvalue weighted by Gasteiger charge is 2.47. The quantitative estimate of drug-likeness (QED) is 0.167. The summed E-state index contributed by atoms with van der Waals surface area (Å²) < 4.78 is 11.6. The number of Topliss-reactive ketones (excluding diaryl/α,β-unsaturated/α-hetero) is 1. The fourth-order valence-electron chi connectivity index (χ4n) is 4.68. The van der Waals surface area contributed by atoms with Crippen LogP contribution in [0.1, 0.15) is 33.2 Å². The minimum Gasteiger partial charge on any atom is -0.507 e. The number of aliphatic hydroxyl groups excluding tert-OH is 1. The van der Waals surface area contributed by atoms with E-state index in [1.54, 1.807) is 31.4 Å². The third-order valence-electron chi connectivity index (χ3n) is 6.57. The lowest BCUT2D eigenvalue weighted by Crippen LogP contribution is -2.29. The number of likely N-dealkylation sites (tertiary alicyclic amines) is 1. The van der Waals surface area contributed by atoms with Crippen molar-refractivity contribution < 1.29 is 24.2 Å². The number of rotatable bonds is 8.